The van der Waals surface area contributed by atoms with Gasteiger partial charge in [-0.25, -0.2) is 0 Å². The number of hydrogen-bond donors (Lipinski definition) is 6. The zero-order valence-corrected chi connectivity index (χ0v) is 8.94. The molecule has 0 saturated heterocycles. The van der Waals surface area contributed by atoms with E-state index in [2.05, 4.69) is 0 Å². The summed E-state index contributed by atoms with van der Waals surface area (Å²) in [6, 6.07) is -2.18. The Kier molecular flexibility index (Phi) is 9.89. The second-order valence-corrected chi connectivity index (χ2v) is 3.00. The van der Waals surface area contributed by atoms with Gasteiger partial charge in [0.2, 0.25) is 0 Å². The fourth-order valence-corrected chi connectivity index (χ4v) is 0.481. The van der Waals surface area contributed by atoms with E-state index in [1.807, 2.05) is 0 Å². The van der Waals surface area contributed by atoms with Gasteiger partial charge >= 0.3 is 17.9 Å². The van der Waals surface area contributed by atoms with Crippen molar-refractivity contribution in [3.05, 3.63) is 0 Å². The van der Waals surface area contributed by atoms with Crippen molar-refractivity contribution < 1.29 is 34.8 Å². The molecule has 0 radical (unpaired) electrons. The predicted octanol–water partition coefficient (Wildman–Crippen LogP) is -2.35. The topological polar surface area (TPSA) is 184 Å². The van der Waals surface area contributed by atoms with Crippen molar-refractivity contribution in [1.29, 1.82) is 0 Å². The molecule has 0 aliphatic heterocycles. The van der Waals surface area contributed by atoms with Crippen molar-refractivity contribution in [1.82, 2.24) is 0 Å². The molecule has 0 fully saturated rings. The van der Waals surface area contributed by atoms with Crippen LogP contribution in [0.2, 0.25) is 0 Å². The van der Waals surface area contributed by atoms with Crippen molar-refractivity contribution in [2.45, 2.75) is 24.9 Å². The van der Waals surface area contributed by atoms with Crippen molar-refractivity contribution in [3.63, 3.8) is 0 Å². The fourth-order valence-electron chi connectivity index (χ4n) is 0.481. The molecule has 100 valence electrons. The number of aliphatic hydroxyl groups is 1. The molecule has 8 N–H and O–H groups in total. The molecule has 0 heterocycles. The predicted molar refractivity (Wildman–Crippen MR) is 55.2 cm³/mol. The Morgan fingerprint density at radius 1 is 0.941 bits per heavy atom. The van der Waals surface area contributed by atoms with Gasteiger partial charge in [0.1, 0.15) is 12.1 Å². The normalized spacial score (nSPS) is 12.9. The van der Waals surface area contributed by atoms with Crippen LogP contribution in [0, 0.1) is 0 Å². The molecule has 2 unspecified atom stereocenters. The van der Waals surface area contributed by atoms with Crippen LogP contribution in [0.1, 0.15) is 12.8 Å². The number of carbonyl (C=O) groups is 3. The van der Waals surface area contributed by atoms with Crippen LogP contribution < -0.4 is 11.5 Å². The zero-order chi connectivity index (χ0) is 14.0. The molecule has 0 aliphatic carbocycles. The molecule has 0 spiro atoms. The lowest BCUT2D eigenvalue weighted by atomic mass is 10.2. The number of aliphatic carboxylic acids is 3. The fraction of sp³-hybridized carbons (Fsp3) is 0.625. The van der Waals surface area contributed by atoms with Crippen LogP contribution in [0.25, 0.3) is 0 Å². The van der Waals surface area contributed by atoms with Crippen molar-refractivity contribution in [3.8, 4) is 0 Å². The molecule has 2 atom stereocenters. The molecular formula is C8H16N2O7. The summed E-state index contributed by atoms with van der Waals surface area (Å²) in [5.41, 5.74) is 9.77. The van der Waals surface area contributed by atoms with Gasteiger partial charge in [0.15, 0.2) is 0 Å². The van der Waals surface area contributed by atoms with Gasteiger partial charge in [0.05, 0.1) is 6.61 Å². The SMILES string of the molecule is NC(CCC(=O)O)C(=O)O.NC(CO)C(=O)O. The van der Waals surface area contributed by atoms with Crippen LogP contribution in [-0.2, 0) is 14.4 Å². The van der Waals surface area contributed by atoms with Crippen molar-refractivity contribution in [2.24, 2.45) is 11.5 Å². The Labute approximate surface area is 96.6 Å². The van der Waals surface area contributed by atoms with Crippen LogP contribution >= 0.6 is 0 Å². The maximum Gasteiger partial charge on any atom is 0.322 e. The lowest BCUT2D eigenvalue weighted by molar-refractivity contribution is -0.141. The largest absolute Gasteiger partial charge is 0.481 e. The maximum absolute atomic E-state index is 9.99. The maximum atomic E-state index is 9.99. The molecule has 0 aromatic carbocycles. The minimum Gasteiger partial charge on any atom is -0.481 e. The van der Waals surface area contributed by atoms with E-state index in [1.54, 1.807) is 0 Å². The highest BCUT2D eigenvalue weighted by molar-refractivity contribution is 5.74. The third-order valence-electron chi connectivity index (χ3n) is 1.50. The molecule has 0 aromatic rings. The van der Waals surface area contributed by atoms with Crippen LogP contribution in [0.15, 0.2) is 0 Å². The smallest absolute Gasteiger partial charge is 0.322 e. The van der Waals surface area contributed by atoms with Gasteiger partial charge < -0.3 is 31.9 Å². The van der Waals surface area contributed by atoms with E-state index in [0.717, 1.165) is 0 Å². The lowest BCUT2D eigenvalue weighted by Crippen LogP contribution is -2.33. The first kappa shape index (κ1) is 17.7. The second-order valence-electron chi connectivity index (χ2n) is 3.00. The second kappa shape index (κ2) is 9.51. The summed E-state index contributed by atoms with van der Waals surface area (Å²) >= 11 is 0. The average molecular weight is 252 g/mol. The Bertz CT molecular complexity index is 269. The molecule has 17 heavy (non-hydrogen) atoms. The number of hydrogen-bond acceptors (Lipinski definition) is 6. The molecule has 0 aromatic heterocycles. The molecule has 0 saturated carbocycles. The Morgan fingerprint density at radius 3 is 1.53 bits per heavy atom. The summed E-state index contributed by atoms with van der Waals surface area (Å²) in [6.45, 7) is -0.505. The van der Waals surface area contributed by atoms with Crippen molar-refractivity contribution in [2.75, 3.05) is 6.61 Å². The summed E-state index contributed by atoms with van der Waals surface area (Å²) < 4.78 is 0. The Hall–Kier alpha value is -1.71. The molecule has 0 bridgehead atoms. The zero-order valence-electron chi connectivity index (χ0n) is 8.94. The summed E-state index contributed by atoms with van der Waals surface area (Å²) in [5, 5.41) is 32.2. The van der Waals surface area contributed by atoms with Crippen LogP contribution in [-0.4, -0.2) is 57.0 Å². The van der Waals surface area contributed by atoms with E-state index < -0.39 is 36.6 Å². The summed E-state index contributed by atoms with van der Waals surface area (Å²) in [7, 11) is 0. The summed E-state index contributed by atoms with van der Waals surface area (Å²) in [5.74, 6) is -3.37. The average Bonchev–Trinajstić information content (AvgIpc) is 2.24. The van der Waals surface area contributed by atoms with Crippen LogP contribution in [0.3, 0.4) is 0 Å². The molecule has 9 nitrogen and oxygen atoms in total. The van der Waals surface area contributed by atoms with Crippen LogP contribution in [0.4, 0.5) is 0 Å². The summed E-state index contributed by atoms with van der Waals surface area (Å²) in [6.07, 6.45) is -0.224. The van der Waals surface area contributed by atoms with Gasteiger partial charge in [-0.1, -0.05) is 0 Å². The highest BCUT2D eigenvalue weighted by Crippen LogP contribution is 1.93. The third kappa shape index (κ3) is 12.2. The third-order valence-corrected chi connectivity index (χ3v) is 1.50. The highest BCUT2D eigenvalue weighted by Gasteiger charge is 2.12. The minimum absolute atomic E-state index is 0.0231. The Morgan fingerprint density at radius 2 is 1.35 bits per heavy atom. The van der Waals surface area contributed by atoms with Gasteiger partial charge in [0, 0.05) is 6.42 Å². The summed E-state index contributed by atoms with van der Waals surface area (Å²) in [4.78, 5) is 29.5. The standard InChI is InChI=1S/C5H9NO4.C3H7NO3/c6-3(5(9)10)1-2-4(7)8;4-2(1-5)3(6)7/h3H,1-2,6H2,(H,7,8)(H,9,10);2,5H,1,4H2,(H,6,7). The van der Waals surface area contributed by atoms with Gasteiger partial charge in [-0.3, -0.25) is 14.4 Å². The Balaban J connectivity index is 0. The van der Waals surface area contributed by atoms with Gasteiger partial charge in [-0.2, -0.15) is 0 Å². The monoisotopic (exact) mass is 252 g/mol. The van der Waals surface area contributed by atoms with Crippen molar-refractivity contribution >= 4 is 17.9 Å². The number of rotatable bonds is 6. The van der Waals surface area contributed by atoms with E-state index in [-0.39, 0.29) is 12.8 Å². The van der Waals surface area contributed by atoms with Gasteiger partial charge in [-0.15, -0.1) is 0 Å². The minimum atomic E-state index is -1.18. The molecule has 9 heteroatoms. The number of carboxylic acids is 3. The molecule has 0 rings (SSSR count). The number of nitrogens with two attached hydrogens (primary N) is 2. The molecule has 0 amide bonds. The molecule has 0 aliphatic rings. The van der Waals surface area contributed by atoms with Crippen LogP contribution in [0.5, 0.6) is 0 Å². The molecular weight excluding hydrogens is 236 g/mol. The van der Waals surface area contributed by atoms with Gasteiger partial charge in [0.25, 0.3) is 0 Å². The first-order valence-corrected chi connectivity index (χ1v) is 4.51. The van der Waals surface area contributed by atoms with E-state index in [1.165, 1.54) is 0 Å². The van der Waals surface area contributed by atoms with E-state index >= 15 is 0 Å². The number of carboxylic acid groups (broad SMARTS) is 3. The lowest BCUT2D eigenvalue weighted by Gasteiger charge is -2.01. The van der Waals surface area contributed by atoms with E-state index in [4.69, 9.17) is 31.9 Å². The number of aliphatic hydroxyl groups excluding tert-OH is 1. The van der Waals surface area contributed by atoms with E-state index in [0.29, 0.717) is 0 Å². The highest BCUT2D eigenvalue weighted by atomic mass is 16.4. The first-order valence-electron chi connectivity index (χ1n) is 4.51. The van der Waals surface area contributed by atoms with E-state index in [9.17, 15) is 14.4 Å². The quantitative estimate of drug-likeness (QED) is 0.301. The first-order chi connectivity index (χ1) is 7.72. The van der Waals surface area contributed by atoms with Gasteiger partial charge in [-0.05, 0) is 6.42 Å².